The first-order chi connectivity index (χ1) is 8.92. The van der Waals surface area contributed by atoms with Gasteiger partial charge in [0.1, 0.15) is 11.3 Å². The minimum absolute atomic E-state index is 0.100. The normalized spacial score (nSPS) is 11.3. The van der Waals surface area contributed by atoms with Crippen molar-refractivity contribution in [3.63, 3.8) is 0 Å². The van der Waals surface area contributed by atoms with Crippen LogP contribution in [0.15, 0.2) is 23.1 Å². The number of ether oxygens (including phenoxy) is 2. The number of aromatic carboxylic acids is 1. The van der Waals surface area contributed by atoms with Crippen LogP contribution in [0.4, 0.5) is 0 Å². The third kappa shape index (κ3) is 3.91. The number of rotatable bonds is 7. The van der Waals surface area contributed by atoms with E-state index in [0.29, 0.717) is 0 Å². The average molecular weight is 289 g/mol. The van der Waals surface area contributed by atoms with E-state index in [1.54, 1.807) is 0 Å². The topological polar surface area (TPSA) is 102 Å². The summed E-state index contributed by atoms with van der Waals surface area (Å²) in [4.78, 5) is 10.9. The summed E-state index contributed by atoms with van der Waals surface area (Å²) in [6, 6.07) is 3.63. The predicted molar refractivity (Wildman–Crippen MR) is 67.0 cm³/mol. The van der Waals surface area contributed by atoms with Gasteiger partial charge in [0.2, 0.25) is 10.0 Å². The Morgan fingerprint density at radius 3 is 2.58 bits per heavy atom. The molecule has 0 fully saturated rings. The van der Waals surface area contributed by atoms with Crippen LogP contribution in [0.25, 0.3) is 0 Å². The zero-order valence-electron chi connectivity index (χ0n) is 10.5. The molecule has 0 unspecified atom stereocenters. The first-order valence-corrected chi connectivity index (χ1v) is 6.80. The second kappa shape index (κ2) is 6.50. The highest BCUT2D eigenvalue weighted by atomic mass is 32.2. The van der Waals surface area contributed by atoms with E-state index in [2.05, 4.69) is 4.72 Å². The fourth-order valence-electron chi connectivity index (χ4n) is 1.38. The van der Waals surface area contributed by atoms with Crippen LogP contribution in [-0.2, 0) is 14.8 Å². The van der Waals surface area contributed by atoms with Gasteiger partial charge in [0.15, 0.2) is 0 Å². The lowest BCUT2D eigenvalue weighted by atomic mass is 10.2. The van der Waals surface area contributed by atoms with Crippen molar-refractivity contribution < 1.29 is 27.8 Å². The third-order valence-corrected chi connectivity index (χ3v) is 3.77. The van der Waals surface area contributed by atoms with Gasteiger partial charge in [0, 0.05) is 13.7 Å². The van der Waals surface area contributed by atoms with Crippen LogP contribution >= 0.6 is 0 Å². The van der Waals surface area contributed by atoms with Crippen molar-refractivity contribution in [3.8, 4) is 5.75 Å². The molecule has 7 nitrogen and oxygen atoms in total. The van der Waals surface area contributed by atoms with E-state index < -0.39 is 16.0 Å². The quantitative estimate of drug-likeness (QED) is 0.701. The number of hydrogen-bond donors (Lipinski definition) is 2. The number of carbonyl (C=O) groups is 1. The van der Waals surface area contributed by atoms with Crippen LogP contribution < -0.4 is 9.46 Å². The molecule has 0 aliphatic rings. The molecule has 0 saturated heterocycles. The highest BCUT2D eigenvalue weighted by Crippen LogP contribution is 2.22. The molecule has 0 aliphatic heterocycles. The zero-order chi connectivity index (χ0) is 14.5. The van der Waals surface area contributed by atoms with E-state index >= 15 is 0 Å². The smallest absolute Gasteiger partial charge is 0.339 e. The fraction of sp³-hybridized carbons (Fsp3) is 0.364. The Labute approximate surface area is 111 Å². The predicted octanol–water partition coefficient (Wildman–Crippen LogP) is 0.318. The largest absolute Gasteiger partial charge is 0.496 e. The summed E-state index contributed by atoms with van der Waals surface area (Å²) in [6.45, 7) is 0.328. The van der Waals surface area contributed by atoms with Gasteiger partial charge in [-0.1, -0.05) is 0 Å². The number of hydrogen-bond acceptors (Lipinski definition) is 5. The Hall–Kier alpha value is -1.64. The average Bonchev–Trinajstić information content (AvgIpc) is 2.38. The summed E-state index contributed by atoms with van der Waals surface area (Å²) in [7, 11) is -1.00. The second-order valence-electron chi connectivity index (χ2n) is 3.56. The van der Waals surface area contributed by atoms with E-state index in [4.69, 9.17) is 14.6 Å². The number of sulfonamides is 1. The number of carboxylic acids is 1. The second-order valence-corrected chi connectivity index (χ2v) is 5.32. The van der Waals surface area contributed by atoms with Gasteiger partial charge >= 0.3 is 5.97 Å². The summed E-state index contributed by atoms with van der Waals surface area (Å²) in [5.74, 6) is -1.16. The van der Waals surface area contributed by atoms with Crippen LogP contribution in [0.5, 0.6) is 5.75 Å². The number of benzene rings is 1. The molecule has 0 atom stereocenters. The summed E-state index contributed by atoms with van der Waals surface area (Å²) in [5, 5.41) is 8.99. The first kappa shape index (κ1) is 15.4. The van der Waals surface area contributed by atoms with Crippen LogP contribution in [0, 0.1) is 0 Å². The van der Waals surface area contributed by atoms with Gasteiger partial charge in [-0.3, -0.25) is 0 Å². The molecule has 1 rings (SSSR count). The van der Waals surface area contributed by atoms with Crippen molar-refractivity contribution in [2.45, 2.75) is 4.90 Å². The van der Waals surface area contributed by atoms with E-state index in [0.717, 1.165) is 6.07 Å². The van der Waals surface area contributed by atoms with Crippen LogP contribution in [0.3, 0.4) is 0 Å². The molecular formula is C11H15NO6S. The molecule has 0 saturated carbocycles. The molecule has 1 aromatic rings. The van der Waals surface area contributed by atoms with Gasteiger partial charge < -0.3 is 14.6 Å². The van der Waals surface area contributed by atoms with Crippen molar-refractivity contribution in [2.75, 3.05) is 27.4 Å². The number of methoxy groups -OCH3 is 2. The van der Waals surface area contributed by atoms with E-state index in [9.17, 15) is 13.2 Å². The molecular weight excluding hydrogens is 274 g/mol. The van der Waals surface area contributed by atoms with Crippen molar-refractivity contribution in [2.24, 2.45) is 0 Å². The Kier molecular flexibility index (Phi) is 5.28. The maximum atomic E-state index is 11.9. The molecule has 19 heavy (non-hydrogen) atoms. The molecule has 0 bridgehead atoms. The molecule has 1 aromatic carbocycles. The summed E-state index contributed by atoms with van der Waals surface area (Å²) in [6.07, 6.45) is 0. The Balaban J connectivity index is 3.07. The van der Waals surface area contributed by atoms with Crippen molar-refractivity contribution in [1.29, 1.82) is 0 Å². The molecule has 2 N–H and O–H groups in total. The van der Waals surface area contributed by atoms with Crippen LogP contribution in [-0.4, -0.2) is 46.9 Å². The van der Waals surface area contributed by atoms with E-state index in [-0.39, 0.29) is 29.4 Å². The summed E-state index contributed by atoms with van der Waals surface area (Å²) < 4.78 is 35.6. The zero-order valence-corrected chi connectivity index (χ0v) is 11.4. The highest BCUT2D eigenvalue weighted by molar-refractivity contribution is 7.89. The molecule has 8 heteroatoms. The first-order valence-electron chi connectivity index (χ1n) is 5.32. The van der Waals surface area contributed by atoms with Gasteiger partial charge in [-0.2, -0.15) is 0 Å². The monoisotopic (exact) mass is 289 g/mol. The summed E-state index contributed by atoms with van der Waals surface area (Å²) >= 11 is 0. The molecule has 106 valence electrons. The lowest BCUT2D eigenvalue weighted by molar-refractivity contribution is 0.0693. The Morgan fingerprint density at radius 2 is 2.05 bits per heavy atom. The molecule has 0 aliphatic carbocycles. The van der Waals surface area contributed by atoms with Crippen LogP contribution in [0.1, 0.15) is 10.4 Å². The number of carboxylic acid groups (broad SMARTS) is 1. The minimum Gasteiger partial charge on any atom is -0.496 e. The van der Waals surface area contributed by atoms with Gasteiger partial charge in [-0.25, -0.2) is 17.9 Å². The molecule has 0 radical (unpaired) electrons. The van der Waals surface area contributed by atoms with Gasteiger partial charge in [0.25, 0.3) is 0 Å². The number of nitrogens with one attached hydrogen (secondary N) is 1. The maximum Gasteiger partial charge on any atom is 0.339 e. The van der Waals surface area contributed by atoms with Gasteiger partial charge in [0.05, 0.1) is 18.6 Å². The molecule has 0 amide bonds. The van der Waals surface area contributed by atoms with E-state index in [1.165, 1.54) is 26.4 Å². The van der Waals surface area contributed by atoms with Gasteiger partial charge in [-0.05, 0) is 18.2 Å². The van der Waals surface area contributed by atoms with Crippen molar-refractivity contribution in [1.82, 2.24) is 4.72 Å². The Morgan fingerprint density at radius 1 is 1.37 bits per heavy atom. The SMILES string of the molecule is COCCNS(=O)(=O)c1ccc(OC)c(C(=O)O)c1. The van der Waals surface area contributed by atoms with Gasteiger partial charge in [-0.15, -0.1) is 0 Å². The lowest BCUT2D eigenvalue weighted by Gasteiger charge is -2.09. The van der Waals surface area contributed by atoms with Crippen molar-refractivity contribution in [3.05, 3.63) is 23.8 Å². The standard InChI is InChI=1S/C11H15NO6S/c1-17-6-5-12-19(15,16)8-3-4-10(18-2)9(7-8)11(13)14/h3-4,7,12H,5-6H2,1-2H3,(H,13,14). The minimum atomic E-state index is -3.76. The molecule has 0 heterocycles. The van der Waals surface area contributed by atoms with E-state index in [1.807, 2.05) is 0 Å². The third-order valence-electron chi connectivity index (χ3n) is 2.31. The van der Waals surface area contributed by atoms with Crippen LogP contribution in [0.2, 0.25) is 0 Å². The fourth-order valence-corrected chi connectivity index (χ4v) is 2.42. The lowest BCUT2D eigenvalue weighted by Crippen LogP contribution is -2.27. The maximum absolute atomic E-state index is 11.9. The molecule has 0 aromatic heterocycles. The van der Waals surface area contributed by atoms with Crippen molar-refractivity contribution >= 4 is 16.0 Å². The highest BCUT2D eigenvalue weighted by Gasteiger charge is 2.18. The Bertz CT molecular complexity index is 554. The molecule has 0 spiro atoms. The summed E-state index contributed by atoms with van der Waals surface area (Å²) in [5.41, 5.74) is -0.211.